The van der Waals surface area contributed by atoms with Gasteiger partial charge in [-0.2, -0.15) is 4.31 Å². The van der Waals surface area contributed by atoms with Gasteiger partial charge in [-0.15, -0.1) is 0 Å². The van der Waals surface area contributed by atoms with Crippen LogP contribution in [0.15, 0.2) is 47.4 Å². The molecule has 0 unspecified atom stereocenters. The number of rotatable bonds is 5. The first kappa shape index (κ1) is 22.7. The van der Waals surface area contributed by atoms with E-state index in [0.717, 1.165) is 17.7 Å². The fourth-order valence-corrected chi connectivity index (χ4v) is 5.61. The summed E-state index contributed by atoms with van der Waals surface area (Å²) < 4.78 is 37.5. The molecule has 1 amide bonds. The molecule has 170 valence electrons. The lowest BCUT2D eigenvalue weighted by Gasteiger charge is -2.26. The van der Waals surface area contributed by atoms with Gasteiger partial charge in [0.05, 0.1) is 28.7 Å². The van der Waals surface area contributed by atoms with E-state index in [4.69, 9.17) is 21.1 Å². The molecule has 0 saturated carbocycles. The molecule has 2 aliphatic rings. The van der Waals surface area contributed by atoms with E-state index in [-0.39, 0.29) is 40.5 Å². The molecular formula is C22H23ClN2O6S. The Bertz CT molecular complexity index is 1150. The summed E-state index contributed by atoms with van der Waals surface area (Å²) in [4.78, 5) is 27.0. The van der Waals surface area contributed by atoms with Gasteiger partial charge in [0.15, 0.2) is 6.61 Å². The molecule has 2 aromatic carbocycles. The first-order chi connectivity index (χ1) is 15.3. The third-order valence-electron chi connectivity index (χ3n) is 5.57. The molecule has 1 atom stereocenters. The average molecular weight is 479 g/mol. The number of morpholine rings is 1. The fraction of sp³-hybridized carbons (Fsp3) is 0.364. The number of sulfonamides is 1. The van der Waals surface area contributed by atoms with Crippen LogP contribution >= 0.6 is 11.6 Å². The van der Waals surface area contributed by atoms with E-state index >= 15 is 0 Å². The van der Waals surface area contributed by atoms with Crippen LogP contribution in [0.3, 0.4) is 0 Å². The highest BCUT2D eigenvalue weighted by Crippen LogP contribution is 2.32. The molecule has 10 heteroatoms. The van der Waals surface area contributed by atoms with E-state index < -0.39 is 22.6 Å². The van der Waals surface area contributed by atoms with Gasteiger partial charge < -0.3 is 14.4 Å². The Hall–Kier alpha value is -2.46. The van der Waals surface area contributed by atoms with Gasteiger partial charge in [0.2, 0.25) is 10.0 Å². The number of benzene rings is 2. The van der Waals surface area contributed by atoms with Crippen LogP contribution in [0, 0.1) is 0 Å². The lowest BCUT2D eigenvalue weighted by atomic mass is 10.1. The highest BCUT2D eigenvalue weighted by Gasteiger charge is 2.32. The Morgan fingerprint density at radius 1 is 1.16 bits per heavy atom. The van der Waals surface area contributed by atoms with Crippen molar-refractivity contribution >= 4 is 39.2 Å². The number of para-hydroxylation sites is 1. The van der Waals surface area contributed by atoms with Crippen LogP contribution in [-0.4, -0.2) is 63.6 Å². The summed E-state index contributed by atoms with van der Waals surface area (Å²) in [7, 11) is -3.81. The van der Waals surface area contributed by atoms with Crippen molar-refractivity contribution in [1.82, 2.24) is 4.31 Å². The number of amides is 1. The van der Waals surface area contributed by atoms with Crippen molar-refractivity contribution in [3.63, 3.8) is 0 Å². The minimum absolute atomic E-state index is 0.0447. The summed E-state index contributed by atoms with van der Waals surface area (Å²) in [5.41, 5.74) is 1.75. The Labute approximate surface area is 191 Å². The second-order valence-electron chi connectivity index (χ2n) is 7.68. The number of hydrogen-bond acceptors (Lipinski definition) is 6. The van der Waals surface area contributed by atoms with Crippen molar-refractivity contribution in [2.75, 3.05) is 37.8 Å². The number of ether oxygens (including phenoxy) is 2. The van der Waals surface area contributed by atoms with Gasteiger partial charge >= 0.3 is 5.97 Å². The normalized spacial score (nSPS) is 18.9. The van der Waals surface area contributed by atoms with Crippen molar-refractivity contribution in [3.8, 4) is 0 Å². The quantitative estimate of drug-likeness (QED) is 0.613. The highest BCUT2D eigenvalue weighted by atomic mass is 35.5. The van der Waals surface area contributed by atoms with Gasteiger partial charge in [-0.05, 0) is 43.2 Å². The number of nitrogens with zero attached hydrogens (tertiary/aromatic N) is 2. The van der Waals surface area contributed by atoms with E-state index in [1.165, 1.54) is 22.5 Å². The Kier molecular flexibility index (Phi) is 6.52. The molecule has 2 heterocycles. The number of carbonyl (C=O) groups is 2. The topological polar surface area (TPSA) is 93.2 Å². The summed E-state index contributed by atoms with van der Waals surface area (Å²) in [5.74, 6) is -1.22. The van der Waals surface area contributed by atoms with E-state index in [9.17, 15) is 18.0 Å². The maximum atomic E-state index is 12.9. The summed E-state index contributed by atoms with van der Waals surface area (Å²) in [5, 5.41) is 0.0447. The molecule has 0 spiro atoms. The molecule has 32 heavy (non-hydrogen) atoms. The average Bonchev–Trinajstić information content (AvgIpc) is 3.13. The van der Waals surface area contributed by atoms with E-state index in [2.05, 4.69) is 0 Å². The summed E-state index contributed by atoms with van der Waals surface area (Å²) in [6, 6.07) is 11.4. The number of halogens is 1. The van der Waals surface area contributed by atoms with Crippen LogP contribution < -0.4 is 4.90 Å². The molecule has 8 nitrogen and oxygen atoms in total. The molecule has 2 aliphatic heterocycles. The van der Waals surface area contributed by atoms with Gasteiger partial charge in [-0.3, -0.25) is 4.79 Å². The largest absolute Gasteiger partial charge is 0.452 e. The second kappa shape index (κ2) is 9.19. The molecule has 2 aromatic rings. The summed E-state index contributed by atoms with van der Waals surface area (Å²) in [6.45, 7) is 2.53. The third-order valence-corrected chi connectivity index (χ3v) is 7.79. The van der Waals surface area contributed by atoms with Crippen LogP contribution in [0.2, 0.25) is 5.02 Å². The molecule has 1 fully saturated rings. The van der Waals surface area contributed by atoms with Crippen molar-refractivity contribution in [3.05, 3.63) is 58.6 Å². The molecule has 0 aliphatic carbocycles. The molecular weight excluding hydrogens is 456 g/mol. The highest BCUT2D eigenvalue weighted by molar-refractivity contribution is 7.89. The lowest BCUT2D eigenvalue weighted by molar-refractivity contribution is -0.122. The molecule has 0 bridgehead atoms. The Balaban J connectivity index is 1.48. The third kappa shape index (κ3) is 4.38. The van der Waals surface area contributed by atoms with Crippen molar-refractivity contribution in [2.45, 2.75) is 24.3 Å². The van der Waals surface area contributed by atoms with Gasteiger partial charge in [0.25, 0.3) is 5.91 Å². The van der Waals surface area contributed by atoms with Gasteiger partial charge in [0.1, 0.15) is 0 Å². The fourth-order valence-electron chi connectivity index (χ4n) is 3.98. The Morgan fingerprint density at radius 2 is 1.88 bits per heavy atom. The predicted molar refractivity (Wildman–Crippen MR) is 118 cm³/mol. The van der Waals surface area contributed by atoms with Gasteiger partial charge in [-0.25, -0.2) is 13.2 Å². The van der Waals surface area contributed by atoms with Crippen molar-refractivity contribution in [2.24, 2.45) is 0 Å². The van der Waals surface area contributed by atoms with Crippen LogP contribution in [0.5, 0.6) is 0 Å². The minimum atomic E-state index is -3.81. The molecule has 1 saturated heterocycles. The van der Waals surface area contributed by atoms with Crippen molar-refractivity contribution < 1.29 is 27.5 Å². The second-order valence-corrected chi connectivity index (χ2v) is 10.0. The van der Waals surface area contributed by atoms with Gasteiger partial charge in [0, 0.05) is 24.8 Å². The Morgan fingerprint density at radius 3 is 2.62 bits per heavy atom. The zero-order valence-electron chi connectivity index (χ0n) is 17.5. The smallest absolute Gasteiger partial charge is 0.340 e. The zero-order chi connectivity index (χ0) is 22.9. The number of fused-ring (bicyclic) bond motifs is 1. The SMILES string of the molecule is C[C@@H]1Cc2ccccc2N1C(=O)COC(=O)c1cc(S(=O)(=O)N2CCOCC2)ccc1Cl. The van der Waals surface area contributed by atoms with Gasteiger partial charge in [-0.1, -0.05) is 29.8 Å². The first-order valence-corrected chi connectivity index (χ1v) is 12.1. The standard InChI is InChI=1S/C22H23ClN2O6S/c1-15-12-16-4-2-3-5-20(16)25(15)21(26)14-31-22(27)18-13-17(6-7-19(18)23)32(28,29)24-8-10-30-11-9-24/h2-7,13,15H,8-12,14H2,1H3/t15-/m1/s1. The lowest BCUT2D eigenvalue weighted by Crippen LogP contribution is -2.40. The van der Waals surface area contributed by atoms with Crippen molar-refractivity contribution in [1.29, 1.82) is 0 Å². The van der Waals surface area contributed by atoms with E-state index in [0.29, 0.717) is 13.2 Å². The maximum Gasteiger partial charge on any atom is 0.340 e. The number of hydrogen-bond donors (Lipinski definition) is 0. The summed E-state index contributed by atoms with van der Waals surface area (Å²) in [6.07, 6.45) is 0.725. The van der Waals surface area contributed by atoms with Crippen LogP contribution in [0.25, 0.3) is 0 Å². The monoisotopic (exact) mass is 478 g/mol. The van der Waals surface area contributed by atoms with Crippen LogP contribution in [0.4, 0.5) is 5.69 Å². The first-order valence-electron chi connectivity index (χ1n) is 10.2. The molecule has 0 N–H and O–H groups in total. The molecule has 0 aromatic heterocycles. The maximum absolute atomic E-state index is 12.9. The number of anilines is 1. The number of carbonyl (C=O) groups excluding carboxylic acids is 2. The van der Waals surface area contributed by atoms with E-state index in [1.54, 1.807) is 4.90 Å². The summed E-state index contributed by atoms with van der Waals surface area (Å²) >= 11 is 6.13. The number of esters is 1. The minimum Gasteiger partial charge on any atom is -0.452 e. The molecule has 4 rings (SSSR count). The molecule has 0 radical (unpaired) electrons. The predicted octanol–water partition coefficient (Wildman–Crippen LogP) is 2.50. The van der Waals surface area contributed by atoms with Crippen LogP contribution in [-0.2, 0) is 30.7 Å². The van der Waals surface area contributed by atoms with E-state index in [1.807, 2.05) is 31.2 Å². The zero-order valence-corrected chi connectivity index (χ0v) is 19.1. The van der Waals surface area contributed by atoms with Crippen LogP contribution in [0.1, 0.15) is 22.8 Å².